The van der Waals surface area contributed by atoms with Gasteiger partial charge in [-0.1, -0.05) is 43.2 Å². The Balaban J connectivity index is 1.83. The molecule has 1 aromatic heterocycles. The van der Waals surface area contributed by atoms with Crippen molar-refractivity contribution in [3.05, 3.63) is 40.9 Å². The van der Waals surface area contributed by atoms with E-state index in [9.17, 15) is 9.90 Å². The second-order valence-corrected chi connectivity index (χ2v) is 6.90. The Morgan fingerprint density at radius 1 is 1.32 bits per heavy atom. The first-order chi connectivity index (χ1) is 10.6. The Kier molecular flexibility index (Phi) is 4.27. The summed E-state index contributed by atoms with van der Waals surface area (Å²) in [6.45, 7) is 1.86. The third-order valence-corrected chi connectivity index (χ3v) is 5.47. The molecule has 116 valence electrons. The standard InChI is InChI=1S/C17H20N2O2S/c1-12-14(15(21)19-17(11-20)9-5-6-10-17)22-16(18-12)13-7-3-2-4-8-13/h2-4,7-8,20H,5-6,9-11H2,1H3,(H,19,21). The van der Waals surface area contributed by atoms with Gasteiger partial charge in [-0.3, -0.25) is 4.79 Å². The summed E-state index contributed by atoms with van der Waals surface area (Å²) in [6.07, 6.45) is 3.80. The third kappa shape index (κ3) is 2.91. The number of carbonyl (C=O) groups excluding carboxylic acids is 1. The Bertz CT molecular complexity index is 661. The molecular weight excluding hydrogens is 296 g/mol. The minimum atomic E-state index is -0.444. The molecule has 1 aromatic carbocycles. The van der Waals surface area contributed by atoms with Crippen molar-refractivity contribution in [2.45, 2.75) is 38.1 Å². The Labute approximate surface area is 134 Å². The van der Waals surface area contributed by atoms with Crippen molar-refractivity contribution in [3.8, 4) is 10.6 Å². The van der Waals surface area contributed by atoms with Crippen molar-refractivity contribution < 1.29 is 9.90 Å². The van der Waals surface area contributed by atoms with Gasteiger partial charge in [0.25, 0.3) is 5.91 Å². The van der Waals surface area contributed by atoms with Crippen molar-refractivity contribution in [1.29, 1.82) is 0 Å². The van der Waals surface area contributed by atoms with Gasteiger partial charge in [0.15, 0.2) is 0 Å². The lowest BCUT2D eigenvalue weighted by molar-refractivity contribution is 0.0842. The highest BCUT2D eigenvalue weighted by atomic mass is 32.1. The average Bonchev–Trinajstić information content (AvgIpc) is 3.15. The molecule has 0 saturated heterocycles. The molecule has 1 fully saturated rings. The highest BCUT2D eigenvalue weighted by molar-refractivity contribution is 7.17. The monoisotopic (exact) mass is 316 g/mol. The molecule has 1 saturated carbocycles. The smallest absolute Gasteiger partial charge is 0.263 e. The molecule has 0 bridgehead atoms. The minimum absolute atomic E-state index is 0.00212. The molecule has 1 amide bonds. The van der Waals surface area contributed by atoms with Gasteiger partial charge in [-0.25, -0.2) is 4.98 Å². The average molecular weight is 316 g/mol. The summed E-state index contributed by atoms with van der Waals surface area (Å²) in [5.41, 5.74) is 1.32. The van der Waals surface area contributed by atoms with Gasteiger partial charge >= 0.3 is 0 Å². The van der Waals surface area contributed by atoms with Crippen LogP contribution >= 0.6 is 11.3 Å². The molecule has 0 aliphatic heterocycles. The largest absolute Gasteiger partial charge is 0.394 e. The summed E-state index contributed by atoms with van der Waals surface area (Å²) >= 11 is 1.41. The number of aliphatic hydroxyl groups is 1. The van der Waals surface area contributed by atoms with Crippen LogP contribution in [-0.2, 0) is 0 Å². The number of aryl methyl sites for hydroxylation is 1. The molecule has 5 heteroatoms. The highest BCUT2D eigenvalue weighted by Gasteiger charge is 2.35. The van der Waals surface area contributed by atoms with E-state index in [4.69, 9.17) is 0 Å². The predicted molar refractivity (Wildman–Crippen MR) is 88.0 cm³/mol. The molecule has 1 aliphatic rings. The third-order valence-electron chi connectivity index (χ3n) is 4.27. The van der Waals surface area contributed by atoms with E-state index in [1.54, 1.807) is 0 Å². The van der Waals surface area contributed by atoms with Gasteiger partial charge < -0.3 is 10.4 Å². The summed E-state index contributed by atoms with van der Waals surface area (Å²) in [5.74, 6) is -0.117. The van der Waals surface area contributed by atoms with Gasteiger partial charge in [0.2, 0.25) is 0 Å². The van der Waals surface area contributed by atoms with Gasteiger partial charge in [-0.05, 0) is 19.8 Å². The molecule has 0 unspecified atom stereocenters. The van der Waals surface area contributed by atoms with Crippen molar-refractivity contribution in [1.82, 2.24) is 10.3 Å². The molecule has 1 heterocycles. The van der Waals surface area contributed by atoms with E-state index < -0.39 is 5.54 Å². The van der Waals surface area contributed by atoms with Crippen LogP contribution in [0.4, 0.5) is 0 Å². The van der Waals surface area contributed by atoms with Crippen LogP contribution in [0.15, 0.2) is 30.3 Å². The maximum atomic E-state index is 12.6. The molecule has 4 nitrogen and oxygen atoms in total. The molecule has 0 radical (unpaired) electrons. The lowest BCUT2D eigenvalue weighted by Gasteiger charge is -2.27. The molecule has 22 heavy (non-hydrogen) atoms. The molecule has 2 aromatic rings. The van der Waals surface area contributed by atoms with E-state index in [1.165, 1.54) is 11.3 Å². The fourth-order valence-electron chi connectivity index (χ4n) is 2.98. The Morgan fingerprint density at radius 3 is 2.64 bits per heavy atom. The summed E-state index contributed by atoms with van der Waals surface area (Å²) < 4.78 is 0. The van der Waals surface area contributed by atoms with Crippen LogP contribution in [0.25, 0.3) is 10.6 Å². The van der Waals surface area contributed by atoms with Crippen LogP contribution in [0.3, 0.4) is 0 Å². The van der Waals surface area contributed by atoms with Gasteiger partial charge in [0, 0.05) is 5.56 Å². The maximum Gasteiger partial charge on any atom is 0.263 e. The van der Waals surface area contributed by atoms with E-state index in [2.05, 4.69) is 10.3 Å². The van der Waals surface area contributed by atoms with E-state index in [0.717, 1.165) is 41.9 Å². The molecule has 0 spiro atoms. The zero-order valence-electron chi connectivity index (χ0n) is 12.6. The maximum absolute atomic E-state index is 12.6. The highest BCUT2D eigenvalue weighted by Crippen LogP contribution is 2.31. The van der Waals surface area contributed by atoms with E-state index in [0.29, 0.717) is 4.88 Å². The number of hydrogen-bond donors (Lipinski definition) is 2. The molecule has 3 rings (SSSR count). The van der Waals surface area contributed by atoms with Crippen molar-refractivity contribution in [2.75, 3.05) is 6.61 Å². The van der Waals surface area contributed by atoms with E-state index in [1.807, 2.05) is 37.3 Å². The second kappa shape index (κ2) is 6.18. The molecule has 0 atom stereocenters. The normalized spacial score (nSPS) is 16.6. The van der Waals surface area contributed by atoms with Crippen molar-refractivity contribution >= 4 is 17.2 Å². The number of nitrogens with one attached hydrogen (secondary N) is 1. The first-order valence-corrected chi connectivity index (χ1v) is 8.41. The number of benzene rings is 1. The summed E-state index contributed by atoms with van der Waals surface area (Å²) in [6, 6.07) is 9.87. The minimum Gasteiger partial charge on any atom is -0.394 e. The zero-order valence-corrected chi connectivity index (χ0v) is 13.4. The van der Waals surface area contributed by atoms with Gasteiger partial charge in [-0.15, -0.1) is 11.3 Å². The van der Waals surface area contributed by atoms with Crippen LogP contribution in [0.1, 0.15) is 41.0 Å². The summed E-state index contributed by atoms with van der Waals surface area (Å²) in [4.78, 5) is 17.7. The van der Waals surface area contributed by atoms with Crippen molar-refractivity contribution in [2.24, 2.45) is 0 Å². The predicted octanol–water partition coefficient (Wildman–Crippen LogP) is 3.15. The fourth-order valence-corrected chi connectivity index (χ4v) is 3.95. The number of amides is 1. The number of rotatable bonds is 4. The fraction of sp³-hybridized carbons (Fsp3) is 0.412. The Hall–Kier alpha value is -1.72. The molecular formula is C17H20N2O2S. The van der Waals surface area contributed by atoms with E-state index in [-0.39, 0.29) is 12.5 Å². The molecule has 2 N–H and O–H groups in total. The van der Waals surface area contributed by atoms with Crippen LogP contribution in [0.5, 0.6) is 0 Å². The number of nitrogens with zero attached hydrogens (tertiary/aromatic N) is 1. The van der Waals surface area contributed by atoms with Crippen LogP contribution in [-0.4, -0.2) is 28.1 Å². The number of hydrogen-bond acceptors (Lipinski definition) is 4. The van der Waals surface area contributed by atoms with Gasteiger partial charge in [-0.2, -0.15) is 0 Å². The number of carbonyl (C=O) groups is 1. The van der Waals surface area contributed by atoms with Crippen molar-refractivity contribution in [3.63, 3.8) is 0 Å². The van der Waals surface area contributed by atoms with Gasteiger partial charge in [0.05, 0.1) is 17.8 Å². The van der Waals surface area contributed by atoms with Crippen LogP contribution in [0, 0.1) is 6.92 Å². The van der Waals surface area contributed by atoms with Crippen LogP contribution in [0.2, 0.25) is 0 Å². The molecule has 1 aliphatic carbocycles. The summed E-state index contributed by atoms with van der Waals surface area (Å²) in [7, 11) is 0. The van der Waals surface area contributed by atoms with Crippen LogP contribution < -0.4 is 5.32 Å². The lowest BCUT2D eigenvalue weighted by atomic mass is 9.99. The topological polar surface area (TPSA) is 62.2 Å². The number of thiazole rings is 1. The Morgan fingerprint density at radius 2 is 2.00 bits per heavy atom. The van der Waals surface area contributed by atoms with Gasteiger partial charge in [0.1, 0.15) is 9.88 Å². The number of aliphatic hydroxyl groups excluding tert-OH is 1. The zero-order chi connectivity index (χ0) is 15.6. The number of aromatic nitrogens is 1. The SMILES string of the molecule is Cc1nc(-c2ccccc2)sc1C(=O)NC1(CO)CCCC1. The van der Waals surface area contributed by atoms with E-state index >= 15 is 0 Å². The first kappa shape index (κ1) is 15.2. The quantitative estimate of drug-likeness (QED) is 0.911. The summed E-state index contributed by atoms with van der Waals surface area (Å²) in [5, 5.41) is 13.5. The second-order valence-electron chi connectivity index (χ2n) is 5.90. The lowest BCUT2D eigenvalue weighted by Crippen LogP contribution is -2.49. The first-order valence-electron chi connectivity index (χ1n) is 7.60.